The van der Waals surface area contributed by atoms with E-state index in [2.05, 4.69) is 11.8 Å². The summed E-state index contributed by atoms with van der Waals surface area (Å²) < 4.78 is 11.2. The van der Waals surface area contributed by atoms with Gasteiger partial charge in [-0.3, -0.25) is 14.5 Å². The van der Waals surface area contributed by atoms with Crippen molar-refractivity contribution in [1.29, 1.82) is 0 Å². The molecule has 1 amide bonds. The van der Waals surface area contributed by atoms with E-state index in [-0.39, 0.29) is 11.3 Å². The first-order valence-corrected chi connectivity index (χ1v) is 12.4. The standard InChI is InChI=1S/C27H31ClN2O5/c1-2-3-16-35-22-10-6-19(7-11-22)24-23(25(31)20-4-8-21(28)9-5-20)26(32)27(33)30(24)13-12-29-14-17-34-18-15-29/h4-11,24,31H,2-3,12-18H2,1H3/t24-/m0/s1. The van der Waals surface area contributed by atoms with Crippen molar-refractivity contribution >= 4 is 29.1 Å². The number of rotatable bonds is 9. The first-order valence-electron chi connectivity index (χ1n) is 12.1. The van der Waals surface area contributed by atoms with Gasteiger partial charge in [0, 0.05) is 36.8 Å². The van der Waals surface area contributed by atoms with Gasteiger partial charge in [0.15, 0.2) is 0 Å². The molecule has 0 aliphatic carbocycles. The molecular formula is C27H31ClN2O5. The Morgan fingerprint density at radius 3 is 2.40 bits per heavy atom. The molecule has 0 aromatic heterocycles. The molecule has 2 aromatic carbocycles. The van der Waals surface area contributed by atoms with E-state index in [1.54, 1.807) is 29.2 Å². The lowest BCUT2D eigenvalue weighted by molar-refractivity contribution is -0.140. The van der Waals surface area contributed by atoms with Crippen LogP contribution in [-0.2, 0) is 14.3 Å². The Morgan fingerprint density at radius 2 is 1.74 bits per heavy atom. The quantitative estimate of drug-likeness (QED) is 0.241. The summed E-state index contributed by atoms with van der Waals surface area (Å²) in [6, 6.07) is 13.3. The Balaban J connectivity index is 1.67. The predicted octanol–water partition coefficient (Wildman–Crippen LogP) is 4.27. The molecule has 2 fully saturated rings. The zero-order chi connectivity index (χ0) is 24.8. The number of ether oxygens (including phenoxy) is 2. The molecule has 0 bridgehead atoms. The zero-order valence-corrected chi connectivity index (χ0v) is 20.7. The first-order chi connectivity index (χ1) is 17.0. The van der Waals surface area contributed by atoms with Gasteiger partial charge in [0.05, 0.1) is 31.4 Å². The van der Waals surface area contributed by atoms with Crippen molar-refractivity contribution in [2.75, 3.05) is 46.0 Å². The number of aliphatic hydroxyl groups is 1. The second kappa shape index (κ2) is 11.7. The lowest BCUT2D eigenvalue weighted by Crippen LogP contribution is -2.42. The third-order valence-electron chi connectivity index (χ3n) is 6.38. The van der Waals surface area contributed by atoms with Crippen LogP contribution in [0.2, 0.25) is 5.02 Å². The van der Waals surface area contributed by atoms with E-state index in [0.29, 0.717) is 43.5 Å². The van der Waals surface area contributed by atoms with Crippen LogP contribution in [0.3, 0.4) is 0 Å². The number of halogens is 1. The van der Waals surface area contributed by atoms with Crippen LogP contribution >= 0.6 is 11.6 Å². The summed E-state index contributed by atoms with van der Waals surface area (Å²) in [6.07, 6.45) is 2.01. The van der Waals surface area contributed by atoms with E-state index in [4.69, 9.17) is 21.1 Å². The fraction of sp³-hybridized carbons (Fsp3) is 0.407. The maximum Gasteiger partial charge on any atom is 0.295 e. The number of carbonyl (C=O) groups excluding carboxylic acids is 2. The van der Waals surface area contributed by atoms with E-state index < -0.39 is 17.7 Å². The molecular weight excluding hydrogens is 468 g/mol. The fourth-order valence-corrected chi connectivity index (χ4v) is 4.50. The number of amides is 1. The number of nitrogens with zero attached hydrogens (tertiary/aromatic N) is 2. The lowest BCUT2D eigenvalue weighted by Gasteiger charge is -2.31. The molecule has 0 spiro atoms. The number of carbonyl (C=O) groups is 2. The summed E-state index contributed by atoms with van der Waals surface area (Å²) in [7, 11) is 0. The average molecular weight is 499 g/mol. The van der Waals surface area contributed by atoms with Crippen molar-refractivity contribution in [2.45, 2.75) is 25.8 Å². The van der Waals surface area contributed by atoms with Gasteiger partial charge in [-0.2, -0.15) is 0 Å². The molecule has 4 rings (SSSR count). The minimum Gasteiger partial charge on any atom is -0.507 e. The molecule has 8 heteroatoms. The fourth-order valence-electron chi connectivity index (χ4n) is 4.38. The number of Topliss-reactive ketones (excluding diaryl/α,β-unsaturated/α-hetero) is 1. The molecule has 2 aromatic rings. The Hall–Kier alpha value is -2.87. The summed E-state index contributed by atoms with van der Waals surface area (Å²) in [6.45, 7) is 6.58. The van der Waals surface area contributed by atoms with E-state index in [9.17, 15) is 14.7 Å². The Morgan fingerprint density at radius 1 is 1.06 bits per heavy atom. The number of benzene rings is 2. The van der Waals surface area contributed by atoms with Gasteiger partial charge in [0.1, 0.15) is 11.5 Å². The number of unbranched alkanes of at least 4 members (excludes halogenated alkanes) is 1. The van der Waals surface area contributed by atoms with Crippen molar-refractivity contribution in [1.82, 2.24) is 9.80 Å². The monoisotopic (exact) mass is 498 g/mol. The van der Waals surface area contributed by atoms with Gasteiger partial charge < -0.3 is 19.5 Å². The molecule has 2 heterocycles. The summed E-state index contributed by atoms with van der Waals surface area (Å²) in [5.41, 5.74) is 1.26. The van der Waals surface area contributed by atoms with Crippen molar-refractivity contribution in [3.63, 3.8) is 0 Å². The molecule has 2 saturated heterocycles. The third kappa shape index (κ3) is 5.86. The van der Waals surface area contributed by atoms with Crippen LogP contribution in [0.4, 0.5) is 0 Å². The van der Waals surface area contributed by atoms with Crippen molar-refractivity contribution < 1.29 is 24.2 Å². The number of morpholine rings is 1. The molecule has 35 heavy (non-hydrogen) atoms. The smallest absolute Gasteiger partial charge is 0.295 e. The topological polar surface area (TPSA) is 79.3 Å². The van der Waals surface area contributed by atoms with Gasteiger partial charge in [0.25, 0.3) is 11.7 Å². The zero-order valence-electron chi connectivity index (χ0n) is 19.9. The second-order valence-corrected chi connectivity index (χ2v) is 9.16. The van der Waals surface area contributed by atoms with Gasteiger partial charge in [-0.05, 0) is 48.4 Å². The van der Waals surface area contributed by atoms with Crippen molar-refractivity contribution in [2.24, 2.45) is 0 Å². The Bertz CT molecular complexity index is 1060. The minimum absolute atomic E-state index is 0.0824. The van der Waals surface area contributed by atoms with Crippen LogP contribution in [0.25, 0.3) is 5.76 Å². The number of aliphatic hydroxyl groups excluding tert-OH is 1. The molecule has 1 N–H and O–H groups in total. The van der Waals surface area contributed by atoms with E-state index >= 15 is 0 Å². The second-order valence-electron chi connectivity index (χ2n) is 8.72. The maximum absolute atomic E-state index is 13.2. The predicted molar refractivity (Wildman–Crippen MR) is 135 cm³/mol. The van der Waals surface area contributed by atoms with Crippen LogP contribution in [0.15, 0.2) is 54.1 Å². The van der Waals surface area contributed by atoms with Gasteiger partial charge in [-0.15, -0.1) is 0 Å². The van der Waals surface area contributed by atoms with Gasteiger partial charge in [-0.25, -0.2) is 0 Å². The molecule has 186 valence electrons. The maximum atomic E-state index is 13.2. The molecule has 0 saturated carbocycles. The number of hydrogen-bond acceptors (Lipinski definition) is 6. The number of ketones is 1. The van der Waals surface area contributed by atoms with Crippen LogP contribution < -0.4 is 4.74 Å². The van der Waals surface area contributed by atoms with Gasteiger partial charge >= 0.3 is 0 Å². The highest BCUT2D eigenvalue weighted by atomic mass is 35.5. The van der Waals surface area contributed by atoms with Crippen LogP contribution in [0, 0.1) is 0 Å². The summed E-state index contributed by atoms with van der Waals surface area (Å²) >= 11 is 6.00. The molecule has 2 aliphatic heterocycles. The highest BCUT2D eigenvalue weighted by Gasteiger charge is 2.46. The summed E-state index contributed by atoms with van der Waals surface area (Å²) in [5.74, 6) is -0.776. The van der Waals surface area contributed by atoms with Crippen molar-refractivity contribution in [3.8, 4) is 5.75 Å². The van der Waals surface area contributed by atoms with Crippen LogP contribution in [-0.4, -0.2) is 72.6 Å². The first kappa shape index (κ1) is 25.2. The summed E-state index contributed by atoms with van der Waals surface area (Å²) in [4.78, 5) is 30.1. The SMILES string of the molecule is CCCCOc1ccc([C@H]2C(=C(O)c3ccc(Cl)cc3)C(=O)C(=O)N2CCN2CCOCC2)cc1. The molecule has 0 radical (unpaired) electrons. The lowest BCUT2D eigenvalue weighted by atomic mass is 9.95. The normalized spacial score (nSPS) is 20.4. The number of hydrogen-bond donors (Lipinski definition) is 1. The summed E-state index contributed by atoms with van der Waals surface area (Å²) in [5, 5.41) is 11.7. The van der Waals surface area contributed by atoms with E-state index in [0.717, 1.165) is 37.2 Å². The van der Waals surface area contributed by atoms with E-state index in [1.807, 2.05) is 24.3 Å². The molecule has 7 nitrogen and oxygen atoms in total. The Kier molecular flexibility index (Phi) is 8.44. The molecule has 1 atom stereocenters. The van der Waals surface area contributed by atoms with Crippen LogP contribution in [0.1, 0.15) is 36.9 Å². The molecule has 2 aliphatic rings. The van der Waals surface area contributed by atoms with Gasteiger partial charge in [0.2, 0.25) is 0 Å². The number of likely N-dealkylation sites (tertiary alicyclic amines) is 1. The average Bonchev–Trinajstić information content (AvgIpc) is 3.13. The molecule has 0 unspecified atom stereocenters. The van der Waals surface area contributed by atoms with Crippen LogP contribution in [0.5, 0.6) is 5.75 Å². The van der Waals surface area contributed by atoms with E-state index in [1.165, 1.54) is 0 Å². The minimum atomic E-state index is -0.698. The Labute approximate surface area is 210 Å². The highest BCUT2D eigenvalue weighted by molar-refractivity contribution is 6.46. The highest BCUT2D eigenvalue weighted by Crippen LogP contribution is 2.39. The largest absolute Gasteiger partial charge is 0.507 e. The van der Waals surface area contributed by atoms with Crippen molar-refractivity contribution in [3.05, 3.63) is 70.3 Å². The third-order valence-corrected chi connectivity index (χ3v) is 6.63. The van der Waals surface area contributed by atoms with Gasteiger partial charge in [-0.1, -0.05) is 37.1 Å².